The zero-order valence-corrected chi connectivity index (χ0v) is 13.0. The molecule has 0 aliphatic carbocycles. The van der Waals surface area contributed by atoms with Crippen LogP contribution in [0.5, 0.6) is 11.5 Å². The molecule has 2 heterocycles. The lowest BCUT2D eigenvalue weighted by molar-refractivity contribution is 0.0946. The first kappa shape index (κ1) is 16.3. The molecule has 3 N–H and O–H groups in total. The first-order valence-corrected chi connectivity index (χ1v) is 7.35. The van der Waals surface area contributed by atoms with Gasteiger partial charge < -0.3 is 15.8 Å². The van der Waals surface area contributed by atoms with Crippen LogP contribution in [0.15, 0.2) is 55.0 Å². The number of amides is 1. The monoisotopic (exact) mass is 339 g/mol. The van der Waals surface area contributed by atoms with Gasteiger partial charge in [0.2, 0.25) is 0 Å². The van der Waals surface area contributed by atoms with Crippen molar-refractivity contribution in [3.05, 3.63) is 72.2 Å². The van der Waals surface area contributed by atoms with Crippen LogP contribution in [-0.2, 0) is 6.54 Å². The van der Waals surface area contributed by atoms with Gasteiger partial charge in [0.15, 0.2) is 11.5 Å². The van der Waals surface area contributed by atoms with E-state index in [1.807, 2.05) is 0 Å². The highest BCUT2D eigenvalue weighted by Gasteiger charge is 2.12. The van der Waals surface area contributed by atoms with Gasteiger partial charge in [-0.3, -0.25) is 9.78 Å². The second kappa shape index (κ2) is 7.35. The lowest BCUT2D eigenvalue weighted by Gasteiger charge is -2.08. The Labute approximate surface area is 142 Å². The van der Waals surface area contributed by atoms with Crippen LogP contribution in [0.4, 0.5) is 10.2 Å². The molecule has 0 unspecified atom stereocenters. The molecular weight excluding hydrogens is 325 g/mol. The van der Waals surface area contributed by atoms with Gasteiger partial charge in [0.1, 0.15) is 17.3 Å². The first-order chi connectivity index (χ1) is 12.1. The fraction of sp³-hybridized carbons (Fsp3) is 0.0588. The van der Waals surface area contributed by atoms with Crippen LogP contribution in [0.25, 0.3) is 0 Å². The number of nitrogen functional groups attached to an aromatic ring is 1. The van der Waals surface area contributed by atoms with Crippen molar-refractivity contribution in [3.8, 4) is 11.5 Å². The lowest BCUT2D eigenvalue weighted by atomic mass is 10.3. The summed E-state index contributed by atoms with van der Waals surface area (Å²) in [6.07, 6.45) is 4.35. The maximum atomic E-state index is 12.9. The average molecular weight is 339 g/mol. The molecule has 0 saturated heterocycles. The Bertz CT molecular complexity index is 886. The van der Waals surface area contributed by atoms with E-state index in [0.717, 1.165) is 0 Å². The highest BCUT2D eigenvalue weighted by atomic mass is 19.1. The molecule has 7 nitrogen and oxygen atoms in total. The molecule has 1 aromatic carbocycles. The number of pyridine rings is 1. The van der Waals surface area contributed by atoms with Gasteiger partial charge in [0, 0.05) is 24.7 Å². The van der Waals surface area contributed by atoms with Crippen LogP contribution >= 0.6 is 0 Å². The van der Waals surface area contributed by atoms with Crippen LogP contribution < -0.4 is 15.8 Å². The van der Waals surface area contributed by atoms with E-state index in [-0.39, 0.29) is 23.9 Å². The number of hydrogen-bond acceptors (Lipinski definition) is 6. The SMILES string of the molecule is Nc1nccnc1C(=O)NCc1cc(Oc2ccc(F)cc2)ccn1. The first-order valence-electron chi connectivity index (χ1n) is 7.35. The van der Waals surface area contributed by atoms with E-state index in [2.05, 4.69) is 20.3 Å². The summed E-state index contributed by atoms with van der Waals surface area (Å²) in [6.45, 7) is 0.162. The van der Waals surface area contributed by atoms with E-state index in [1.165, 1.54) is 36.7 Å². The smallest absolute Gasteiger partial charge is 0.274 e. The predicted octanol–water partition coefficient (Wildman–Crippen LogP) is 2.32. The minimum absolute atomic E-state index is 0.0567. The third-order valence-electron chi connectivity index (χ3n) is 3.21. The molecule has 0 radical (unpaired) electrons. The van der Waals surface area contributed by atoms with Crippen LogP contribution in [0.1, 0.15) is 16.2 Å². The number of hydrogen-bond donors (Lipinski definition) is 2. The third kappa shape index (κ3) is 4.25. The number of aromatic nitrogens is 3. The fourth-order valence-electron chi connectivity index (χ4n) is 2.03. The van der Waals surface area contributed by atoms with Crippen molar-refractivity contribution in [2.24, 2.45) is 0 Å². The van der Waals surface area contributed by atoms with Crippen molar-refractivity contribution >= 4 is 11.7 Å². The molecule has 1 amide bonds. The Morgan fingerprint density at radius 3 is 2.56 bits per heavy atom. The van der Waals surface area contributed by atoms with Gasteiger partial charge >= 0.3 is 0 Å². The summed E-state index contributed by atoms with van der Waals surface area (Å²) in [5.41, 5.74) is 6.25. The maximum absolute atomic E-state index is 12.9. The number of rotatable bonds is 5. The number of ether oxygens (including phenoxy) is 1. The van der Waals surface area contributed by atoms with E-state index < -0.39 is 5.91 Å². The zero-order valence-electron chi connectivity index (χ0n) is 13.0. The predicted molar refractivity (Wildman–Crippen MR) is 88.3 cm³/mol. The molecular formula is C17H14FN5O2. The standard InChI is InChI=1S/C17H14FN5O2/c18-11-1-3-13(4-2-11)25-14-5-6-20-12(9-14)10-23-17(24)15-16(19)22-8-7-21-15/h1-9H,10H2,(H2,19,22)(H,23,24). The summed E-state index contributed by atoms with van der Waals surface area (Å²) >= 11 is 0. The van der Waals surface area contributed by atoms with Gasteiger partial charge in [-0.05, 0) is 30.3 Å². The van der Waals surface area contributed by atoms with Crippen LogP contribution in [0.3, 0.4) is 0 Å². The second-order valence-electron chi connectivity index (χ2n) is 5.01. The van der Waals surface area contributed by atoms with E-state index in [4.69, 9.17) is 10.5 Å². The van der Waals surface area contributed by atoms with Gasteiger partial charge in [-0.15, -0.1) is 0 Å². The summed E-state index contributed by atoms with van der Waals surface area (Å²) in [4.78, 5) is 23.9. The average Bonchev–Trinajstić information content (AvgIpc) is 2.62. The highest BCUT2D eigenvalue weighted by molar-refractivity contribution is 5.96. The molecule has 0 aliphatic heterocycles. The summed E-state index contributed by atoms with van der Waals surface area (Å²) in [7, 11) is 0. The normalized spacial score (nSPS) is 10.3. The molecule has 3 aromatic rings. The minimum Gasteiger partial charge on any atom is -0.457 e. The number of carbonyl (C=O) groups excluding carboxylic acids is 1. The minimum atomic E-state index is -0.447. The quantitative estimate of drug-likeness (QED) is 0.739. The van der Waals surface area contributed by atoms with E-state index in [9.17, 15) is 9.18 Å². The molecule has 8 heteroatoms. The Kier molecular flexibility index (Phi) is 4.79. The zero-order chi connectivity index (χ0) is 17.6. The number of halogens is 1. The summed E-state index contributed by atoms with van der Waals surface area (Å²) < 4.78 is 18.5. The highest BCUT2D eigenvalue weighted by Crippen LogP contribution is 2.21. The topological polar surface area (TPSA) is 103 Å². The van der Waals surface area contributed by atoms with Gasteiger partial charge in [0.25, 0.3) is 5.91 Å². The van der Waals surface area contributed by atoms with Gasteiger partial charge in [-0.25, -0.2) is 14.4 Å². The number of anilines is 1. The van der Waals surface area contributed by atoms with E-state index in [1.54, 1.807) is 18.3 Å². The van der Waals surface area contributed by atoms with E-state index in [0.29, 0.717) is 17.2 Å². The molecule has 0 bridgehead atoms. The Balaban J connectivity index is 1.64. The fourth-order valence-corrected chi connectivity index (χ4v) is 2.03. The number of nitrogens with two attached hydrogens (primary N) is 1. The lowest BCUT2D eigenvalue weighted by Crippen LogP contribution is -2.25. The molecule has 0 spiro atoms. The molecule has 2 aromatic heterocycles. The maximum Gasteiger partial charge on any atom is 0.274 e. The van der Waals surface area contributed by atoms with Crippen molar-refractivity contribution in [2.75, 3.05) is 5.73 Å². The van der Waals surface area contributed by atoms with Crippen molar-refractivity contribution < 1.29 is 13.9 Å². The number of nitrogens with zero attached hydrogens (tertiary/aromatic N) is 3. The molecule has 0 atom stereocenters. The summed E-state index contributed by atoms with van der Waals surface area (Å²) in [5, 5.41) is 2.67. The van der Waals surface area contributed by atoms with Crippen molar-refractivity contribution in [1.82, 2.24) is 20.3 Å². The molecule has 0 fully saturated rings. The summed E-state index contributed by atoms with van der Waals surface area (Å²) in [5.74, 6) is 0.284. The van der Waals surface area contributed by atoms with Crippen LogP contribution in [0, 0.1) is 5.82 Å². The van der Waals surface area contributed by atoms with Gasteiger partial charge in [-0.1, -0.05) is 0 Å². The number of nitrogens with one attached hydrogen (secondary N) is 1. The van der Waals surface area contributed by atoms with E-state index >= 15 is 0 Å². The van der Waals surface area contributed by atoms with Gasteiger partial charge in [0.05, 0.1) is 12.2 Å². The third-order valence-corrected chi connectivity index (χ3v) is 3.21. The second-order valence-corrected chi connectivity index (χ2v) is 5.01. The number of carbonyl (C=O) groups is 1. The Morgan fingerprint density at radius 1 is 1.04 bits per heavy atom. The van der Waals surface area contributed by atoms with Crippen molar-refractivity contribution in [2.45, 2.75) is 6.54 Å². The van der Waals surface area contributed by atoms with Crippen LogP contribution in [-0.4, -0.2) is 20.9 Å². The largest absolute Gasteiger partial charge is 0.457 e. The Hall–Kier alpha value is -3.55. The van der Waals surface area contributed by atoms with Crippen molar-refractivity contribution in [1.29, 1.82) is 0 Å². The van der Waals surface area contributed by atoms with Crippen molar-refractivity contribution in [3.63, 3.8) is 0 Å². The van der Waals surface area contributed by atoms with Crippen LogP contribution in [0.2, 0.25) is 0 Å². The van der Waals surface area contributed by atoms with Gasteiger partial charge in [-0.2, -0.15) is 0 Å². The molecule has 126 valence electrons. The molecule has 0 aliphatic rings. The summed E-state index contributed by atoms with van der Waals surface area (Å²) in [6, 6.07) is 8.99. The molecule has 0 saturated carbocycles. The Morgan fingerprint density at radius 2 is 1.80 bits per heavy atom. The molecule has 3 rings (SSSR count). The molecule has 25 heavy (non-hydrogen) atoms. The number of benzene rings is 1.